The molecule has 0 bridgehead atoms. The highest BCUT2D eigenvalue weighted by Crippen LogP contribution is 2.40. The third kappa shape index (κ3) is 3.88. The maximum Gasteiger partial charge on any atom is 0.276 e. The fraction of sp³-hybridized carbons (Fsp3) is 0.375. The van der Waals surface area contributed by atoms with Crippen molar-refractivity contribution in [1.29, 1.82) is 0 Å². The van der Waals surface area contributed by atoms with Crippen molar-refractivity contribution in [3.8, 4) is 0 Å². The Hall–Kier alpha value is -3.55. The number of carbonyl (C=O) groups excluding carboxylic acids is 2. The van der Waals surface area contributed by atoms with Gasteiger partial charge in [-0.2, -0.15) is 5.10 Å². The monoisotopic (exact) mass is 430 g/mol. The Bertz CT molecular complexity index is 1150. The van der Waals surface area contributed by atoms with Crippen LogP contribution in [0.4, 0.5) is 5.69 Å². The molecule has 0 spiro atoms. The largest absolute Gasteiger partial charge is 0.352 e. The van der Waals surface area contributed by atoms with E-state index in [-0.39, 0.29) is 23.8 Å². The van der Waals surface area contributed by atoms with Crippen LogP contribution in [0, 0.1) is 5.92 Å². The molecule has 2 aromatic heterocycles. The van der Waals surface area contributed by atoms with Crippen LogP contribution in [0.15, 0.2) is 48.9 Å². The first-order chi connectivity index (χ1) is 15.5. The van der Waals surface area contributed by atoms with E-state index in [2.05, 4.69) is 20.4 Å². The van der Waals surface area contributed by atoms with Gasteiger partial charge in [-0.15, -0.1) is 0 Å². The summed E-state index contributed by atoms with van der Waals surface area (Å²) in [4.78, 5) is 36.4. The highest BCUT2D eigenvalue weighted by Gasteiger charge is 2.37. The van der Waals surface area contributed by atoms with Crippen LogP contribution in [0.2, 0.25) is 0 Å². The fourth-order valence-electron chi connectivity index (χ4n) is 4.00. The lowest BCUT2D eigenvalue weighted by molar-refractivity contribution is 0.0950. The van der Waals surface area contributed by atoms with Gasteiger partial charge in [-0.05, 0) is 68.5 Å². The quantitative estimate of drug-likeness (QED) is 0.648. The van der Waals surface area contributed by atoms with Gasteiger partial charge < -0.3 is 10.2 Å². The molecule has 0 unspecified atom stereocenters. The molecule has 1 atom stereocenters. The van der Waals surface area contributed by atoms with Gasteiger partial charge in [0.1, 0.15) is 12.0 Å². The van der Waals surface area contributed by atoms with Crippen molar-refractivity contribution in [1.82, 2.24) is 25.1 Å². The predicted molar refractivity (Wildman–Crippen MR) is 120 cm³/mol. The van der Waals surface area contributed by atoms with Crippen molar-refractivity contribution in [3.05, 3.63) is 71.6 Å². The average molecular weight is 431 g/mol. The zero-order valence-electron chi connectivity index (χ0n) is 18.2. The molecule has 1 aliphatic carbocycles. The number of hydrogen-bond donors (Lipinski definition) is 1. The molecule has 164 valence electrons. The molecule has 8 heteroatoms. The van der Waals surface area contributed by atoms with Crippen LogP contribution in [0.1, 0.15) is 70.9 Å². The first-order valence-electron chi connectivity index (χ1n) is 11.1. The molecule has 2 amide bonds. The van der Waals surface area contributed by atoms with Crippen LogP contribution in [-0.2, 0) is 0 Å². The first kappa shape index (κ1) is 20.4. The highest BCUT2D eigenvalue weighted by atomic mass is 16.2. The van der Waals surface area contributed by atoms with Crippen molar-refractivity contribution in [2.45, 2.75) is 38.6 Å². The van der Waals surface area contributed by atoms with Crippen molar-refractivity contribution in [3.63, 3.8) is 0 Å². The number of hydrogen-bond acceptors (Lipinski definition) is 5. The van der Waals surface area contributed by atoms with Crippen molar-refractivity contribution in [2.75, 3.05) is 18.0 Å². The summed E-state index contributed by atoms with van der Waals surface area (Å²) in [6.07, 6.45) is 5.69. The maximum atomic E-state index is 13.2. The first-order valence-corrected chi connectivity index (χ1v) is 11.1. The third-order valence-electron chi connectivity index (χ3n) is 6.07. The Kier molecular flexibility index (Phi) is 5.20. The van der Waals surface area contributed by atoms with Crippen LogP contribution < -0.4 is 10.2 Å². The van der Waals surface area contributed by atoms with E-state index < -0.39 is 0 Å². The smallest absolute Gasteiger partial charge is 0.276 e. The summed E-state index contributed by atoms with van der Waals surface area (Å²) in [7, 11) is 0. The van der Waals surface area contributed by atoms with E-state index in [0.29, 0.717) is 36.1 Å². The number of aromatic nitrogens is 4. The highest BCUT2D eigenvalue weighted by molar-refractivity contribution is 6.07. The second-order valence-corrected chi connectivity index (χ2v) is 8.79. The number of amides is 2. The molecule has 2 aliphatic rings. The Labute approximate surface area is 186 Å². The second-order valence-electron chi connectivity index (χ2n) is 8.79. The van der Waals surface area contributed by atoms with Crippen LogP contribution in [0.5, 0.6) is 0 Å². The minimum Gasteiger partial charge on any atom is -0.352 e. The van der Waals surface area contributed by atoms with E-state index in [1.54, 1.807) is 41.7 Å². The van der Waals surface area contributed by atoms with Crippen molar-refractivity contribution in [2.24, 2.45) is 5.92 Å². The molecular weight excluding hydrogens is 404 g/mol. The summed E-state index contributed by atoms with van der Waals surface area (Å²) < 4.78 is 1.81. The molecule has 3 heterocycles. The molecule has 1 fully saturated rings. The number of carbonyl (C=O) groups is 2. The lowest BCUT2D eigenvalue weighted by Gasteiger charge is -2.17. The Morgan fingerprint density at radius 1 is 1.16 bits per heavy atom. The molecule has 1 aliphatic heterocycles. The van der Waals surface area contributed by atoms with Gasteiger partial charge in [0.05, 0.1) is 5.92 Å². The van der Waals surface area contributed by atoms with E-state index in [4.69, 9.17) is 0 Å². The van der Waals surface area contributed by atoms with Crippen LogP contribution in [0.25, 0.3) is 0 Å². The zero-order chi connectivity index (χ0) is 22.2. The fourth-order valence-corrected chi connectivity index (χ4v) is 4.00. The number of nitrogens with one attached hydrogen (secondary N) is 1. The van der Waals surface area contributed by atoms with Gasteiger partial charge in [0.2, 0.25) is 0 Å². The van der Waals surface area contributed by atoms with E-state index in [0.717, 1.165) is 11.3 Å². The van der Waals surface area contributed by atoms with Gasteiger partial charge in [0, 0.05) is 36.6 Å². The van der Waals surface area contributed by atoms with Crippen molar-refractivity contribution < 1.29 is 9.59 Å². The van der Waals surface area contributed by atoms with Gasteiger partial charge in [-0.25, -0.2) is 4.98 Å². The molecule has 5 rings (SSSR count). The lowest BCUT2D eigenvalue weighted by atomic mass is 9.98. The number of benzene rings is 1. The SMILES string of the molecule is CC(C)n1cnc([C@@H]2CN(C(=O)c3ccccn3)c3ccc(C(=O)NCC4CC4)cc32)n1. The maximum absolute atomic E-state index is 13.2. The molecule has 1 saturated carbocycles. The second kappa shape index (κ2) is 8.18. The summed E-state index contributed by atoms with van der Waals surface area (Å²) >= 11 is 0. The summed E-state index contributed by atoms with van der Waals surface area (Å²) in [5, 5.41) is 7.67. The predicted octanol–water partition coefficient (Wildman–Crippen LogP) is 3.19. The minimum absolute atomic E-state index is 0.0892. The number of nitrogens with zero attached hydrogens (tertiary/aromatic N) is 5. The molecule has 8 nitrogen and oxygen atoms in total. The summed E-state index contributed by atoms with van der Waals surface area (Å²) in [6, 6.07) is 11.0. The van der Waals surface area contributed by atoms with Gasteiger partial charge >= 0.3 is 0 Å². The van der Waals surface area contributed by atoms with E-state index in [1.165, 1.54) is 12.8 Å². The summed E-state index contributed by atoms with van der Waals surface area (Å²) in [6.45, 7) is 5.20. The summed E-state index contributed by atoms with van der Waals surface area (Å²) in [5.41, 5.74) is 2.62. The molecule has 1 aromatic carbocycles. The normalized spacial score (nSPS) is 17.5. The van der Waals surface area contributed by atoms with E-state index >= 15 is 0 Å². The summed E-state index contributed by atoms with van der Waals surface area (Å²) in [5.74, 6) is 0.773. The molecule has 32 heavy (non-hydrogen) atoms. The number of pyridine rings is 1. The van der Waals surface area contributed by atoms with E-state index in [1.807, 2.05) is 30.7 Å². The van der Waals surface area contributed by atoms with Crippen LogP contribution in [-0.4, -0.2) is 44.7 Å². The standard InChI is InChI=1S/C24H26N6O2/c1-15(2)30-14-27-22(28-30)19-13-29(24(32)20-5-3-4-10-25-20)21-9-8-17(11-18(19)21)23(31)26-12-16-6-7-16/h3-5,8-11,14-16,19H,6-7,12-13H2,1-2H3,(H,26,31)/t19-/m1/s1. The van der Waals surface area contributed by atoms with Gasteiger partial charge in [-0.1, -0.05) is 6.07 Å². The Morgan fingerprint density at radius 3 is 2.69 bits per heavy atom. The lowest BCUT2D eigenvalue weighted by Crippen LogP contribution is -2.30. The topological polar surface area (TPSA) is 93.0 Å². The van der Waals surface area contributed by atoms with Gasteiger partial charge in [-0.3, -0.25) is 19.3 Å². The molecule has 0 radical (unpaired) electrons. The Morgan fingerprint density at radius 2 is 2.00 bits per heavy atom. The van der Waals surface area contributed by atoms with Gasteiger partial charge in [0.25, 0.3) is 11.8 Å². The average Bonchev–Trinajstić information content (AvgIpc) is 3.37. The Balaban J connectivity index is 1.50. The van der Waals surface area contributed by atoms with Crippen LogP contribution in [0.3, 0.4) is 0 Å². The number of fused-ring (bicyclic) bond motifs is 1. The van der Waals surface area contributed by atoms with Gasteiger partial charge in [0.15, 0.2) is 5.82 Å². The molecule has 3 aromatic rings. The zero-order valence-corrected chi connectivity index (χ0v) is 18.2. The molecule has 0 saturated heterocycles. The van der Waals surface area contributed by atoms with Crippen LogP contribution >= 0.6 is 0 Å². The number of anilines is 1. The van der Waals surface area contributed by atoms with E-state index in [9.17, 15) is 9.59 Å². The van der Waals surface area contributed by atoms with Crippen molar-refractivity contribution >= 4 is 17.5 Å². The minimum atomic E-state index is -0.214. The molecular formula is C24H26N6O2. The number of rotatable bonds is 6. The molecule has 1 N–H and O–H groups in total. The third-order valence-corrected chi connectivity index (χ3v) is 6.07.